The van der Waals surface area contributed by atoms with Crippen molar-refractivity contribution in [2.24, 2.45) is 5.92 Å². The van der Waals surface area contributed by atoms with Crippen molar-refractivity contribution in [1.29, 1.82) is 0 Å². The predicted molar refractivity (Wildman–Crippen MR) is 116 cm³/mol. The van der Waals surface area contributed by atoms with Crippen LogP contribution in [0.5, 0.6) is 0 Å². The van der Waals surface area contributed by atoms with Crippen LogP contribution in [0.2, 0.25) is 0 Å². The van der Waals surface area contributed by atoms with Gasteiger partial charge in [-0.05, 0) is 38.0 Å². The molecule has 0 radical (unpaired) electrons. The van der Waals surface area contributed by atoms with E-state index in [2.05, 4.69) is 20.4 Å². The number of nitrogens with one attached hydrogen (secondary N) is 1. The summed E-state index contributed by atoms with van der Waals surface area (Å²) in [4.78, 5) is 21.2. The Morgan fingerprint density at radius 2 is 2.19 bits per heavy atom. The van der Waals surface area contributed by atoms with Crippen LogP contribution in [0.15, 0.2) is 38.4 Å². The number of sulfonamides is 1. The van der Waals surface area contributed by atoms with Crippen molar-refractivity contribution in [3.8, 4) is 11.4 Å². The smallest absolute Gasteiger partial charge is 0.252 e. The Labute approximate surface area is 184 Å². The highest BCUT2D eigenvalue weighted by Crippen LogP contribution is 2.31. The maximum atomic E-state index is 13.2. The molecule has 1 amide bonds. The maximum absolute atomic E-state index is 13.2. The fourth-order valence-corrected chi connectivity index (χ4v) is 6.26. The molecule has 164 valence electrons. The minimum Gasteiger partial charge on any atom is -0.339 e. The minimum atomic E-state index is -3.72. The van der Waals surface area contributed by atoms with Crippen molar-refractivity contribution in [2.45, 2.75) is 37.3 Å². The summed E-state index contributed by atoms with van der Waals surface area (Å²) in [5.74, 6) is 0.687. The van der Waals surface area contributed by atoms with Crippen molar-refractivity contribution in [1.82, 2.24) is 19.4 Å². The van der Waals surface area contributed by atoms with Crippen molar-refractivity contribution in [3.63, 3.8) is 0 Å². The van der Waals surface area contributed by atoms with Gasteiger partial charge < -0.3 is 9.84 Å². The Balaban J connectivity index is 1.47. The Morgan fingerprint density at radius 3 is 2.94 bits per heavy atom. The average molecular weight is 462 g/mol. The van der Waals surface area contributed by atoms with E-state index in [-0.39, 0.29) is 16.7 Å². The Bertz CT molecular complexity index is 1190. The lowest BCUT2D eigenvalue weighted by Gasteiger charge is -2.30. The molecule has 1 atom stereocenters. The topological polar surface area (TPSA) is 118 Å². The molecule has 0 bridgehead atoms. The molecule has 1 aliphatic rings. The number of hydrogen-bond acceptors (Lipinski definition) is 8. The molecule has 0 saturated carbocycles. The number of anilines is 1. The molecule has 0 unspecified atom stereocenters. The zero-order valence-electron chi connectivity index (χ0n) is 17.2. The van der Waals surface area contributed by atoms with Gasteiger partial charge in [0, 0.05) is 36.1 Å². The predicted octanol–water partition coefficient (Wildman–Crippen LogP) is 3.10. The molecule has 0 aliphatic carbocycles. The zero-order chi connectivity index (χ0) is 22.0. The first-order valence-corrected chi connectivity index (χ1v) is 12.3. The molecule has 3 aromatic heterocycles. The van der Waals surface area contributed by atoms with Gasteiger partial charge in [-0.3, -0.25) is 4.79 Å². The highest BCUT2D eigenvalue weighted by atomic mass is 32.2. The molecule has 4 rings (SSSR count). The summed E-state index contributed by atoms with van der Waals surface area (Å²) in [5.41, 5.74) is 1.40. The molecule has 4 heterocycles. The fourth-order valence-electron chi connectivity index (χ4n) is 3.43. The number of thiophene rings is 1. The Kier molecular flexibility index (Phi) is 6.17. The molecule has 1 N–H and O–H groups in total. The van der Waals surface area contributed by atoms with Crippen LogP contribution in [0.3, 0.4) is 0 Å². The molecule has 31 heavy (non-hydrogen) atoms. The highest BCUT2D eigenvalue weighted by molar-refractivity contribution is 7.91. The van der Waals surface area contributed by atoms with E-state index in [9.17, 15) is 13.2 Å². The van der Waals surface area contributed by atoms with E-state index >= 15 is 0 Å². The van der Waals surface area contributed by atoms with Gasteiger partial charge in [0.2, 0.25) is 17.6 Å². The molecule has 1 fully saturated rings. The van der Waals surface area contributed by atoms with Crippen LogP contribution in [0.25, 0.3) is 11.4 Å². The summed E-state index contributed by atoms with van der Waals surface area (Å²) in [5, 5.41) is 8.40. The van der Waals surface area contributed by atoms with Gasteiger partial charge in [-0.1, -0.05) is 18.1 Å². The van der Waals surface area contributed by atoms with Crippen molar-refractivity contribution < 1.29 is 17.7 Å². The van der Waals surface area contributed by atoms with Gasteiger partial charge in [-0.25, -0.2) is 13.4 Å². The SMILES string of the molecule is CCc1nc(-c2csc(S(=O)(=O)N3CCC[C@@H](C(=O)Nc4cccc(C)n4)C3)c2)no1. The van der Waals surface area contributed by atoms with Gasteiger partial charge in [-0.2, -0.15) is 9.29 Å². The lowest BCUT2D eigenvalue weighted by atomic mass is 9.99. The first-order valence-electron chi connectivity index (χ1n) is 10.0. The van der Waals surface area contributed by atoms with Crippen LogP contribution in [-0.2, 0) is 21.2 Å². The van der Waals surface area contributed by atoms with Crippen molar-refractivity contribution in [3.05, 3.63) is 41.2 Å². The second-order valence-corrected chi connectivity index (χ2v) is 10.5. The third kappa shape index (κ3) is 4.68. The van der Waals surface area contributed by atoms with Crippen LogP contribution in [0.4, 0.5) is 5.82 Å². The number of nitrogens with zero attached hydrogens (tertiary/aromatic N) is 4. The van der Waals surface area contributed by atoms with Crippen LogP contribution < -0.4 is 5.32 Å². The number of pyridine rings is 1. The van der Waals surface area contributed by atoms with Crippen LogP contribution >= 0.6 is 11.3 Å². The second kappa shape index (κ2) is 8.85. The molecule has 9 nitrogen and oxygen atoms in total. The van der Waals surface area contributed by atoms with E-state index in [1.165, 1.54) is 4.31 Å². The van der Waals surface area contributed by atoms with Gasteiger partial charge in [0.15, 0.2) is 0 Å². The molecule has 3 aromatic rings. The van der Waals surface area contributed by atoms with Gasteiger partial charge >= 0.3 is 0 Å². The monoisotopic (exact) mass is 461 g/mol. The summed E-state index contributed by atoms with van der Waals surface area (Å²) >= 11 is 1.11. The number of rotatable bonds is 6. The number of aryl methyl sites for hydroxylation is 2. The Hall–Kier alpha value is -2.63. The molecule has 11 heteroatoms. The summed E-state index contributed by atoms with van der Waals surface area (Å²) < 4.78 is 33.1. The molecular formula is C20H23N5O4S2. The zero-order valence-corrected chi connectivity index (χ0v) is 18.9. The summed E-state index contributed by atoms with van der Waals surface area (Å²) in [6, 6.07) is 6.94. The van der Waals surface area contributed by atoms with Gasteiger partial charge in [0.05, 0.1) is 5.92 Å². The number of carbonyl (C=O) groups is 1. The second-order valence-electron chi connectivity index (χ2n) is 7.38. The summed E-state index contributed by atoms with van der Waals surface area (Å²) in [6.07, 6.45) is 1.85. The van der Waals surface area contributed by atoms with E-state index in [1.807, 2.05) is 26.0 Å². The van der Waals surface area contributed by atoms with Crippen molar-refractivity contribution in [2.75, 3.05) is 18.4 Å². The Morgan fingerprint density at radius 1 is 1.35 bits per heavy atom. The average Bonchev–Trinajstić information content (AvgIpc) is 3.43. The number of piperidine rings is 1. The van der Waals surface area contributed by atoms with Gasteiger partial charge in [0.25, 0.3) is 10.0 Å². The molecular weight excluding hydrogens is 438 g/mol. The minimum absolute atomic E-state index is 0.134. The molecule has 1 saturated heterocycles. The quantitative estimate of drug-likeness (QED) is 0.599. The highest BCUT2D eigenvalue weighted by Gasteiger charge is 2.34. The largest absolute Gasteiger partial charge is 0.339 e. The number of carbonyl (C=O) groups excluding carboxylic acids is 1. The van der Waals surface area contributed by atoms with Gasteiger partial charge in [0.1, 0.15) is 10.0 Å². The third-order valence-corrected chi connectivity index (χ3v) is 8.37. The van der Waals surface area contributed by atoms with Crippen molar-refractivity contribution >= 4 is 33.1 Å². The van der Waals surface area contributed by atoms with Gasteiger partial charge in [-0.15, -0.1) is 11.3 Å². The van der Waals surface area contributed by atoms with Crippen LogP contribution in [0.1, 0.15) is 31.4 Å². The first-order chi connectivity index (χ1) is 14.9. The standard InChI is InChI=1S/C20H23N5O4S2/c1-3-17-23-19(24-29-17)15-10-18(30-12-15)31(27,28)25-9-5-7-14(11-25)20(26)22-16-8-4-6-13(2)21-16/h4,6,8,10,12,14H,3,5,7,9,11H2,1-2H3,(H,21,22,26)/t14-/m1/s1. The maximum Gasteiger partial charge on any atom is 0.252 e. The fraction of sp³-hybridized carbons (Fsp3) is 0.400. The normalized spacial score (nSPS) is 17.5. The van der Waals surface area contributed by atoms with E-state index < -0.39 is 15.9 Å². The third-order valence-electron chi connectivity index (χ3n) is 5.09. The lowest BCUT2D eigenvalue weighted by molar-refractivity contribution is -0.120. The van der Waals surface area contributed by atoms with E-state index in [0.29, 0.717) is 48.9 Å². The van der Waals surface area contributed by atoms with Crippen LogP contribution in [0, 0.1) is 12.8 Å². The van der Waals surface area contributed by atoms with E-state index in [1.54, 1.807) is 17.5 Å². The molecule has 0 spiro atoms. The summed E-state index contributed by atoms with van der Waals surface area (Å²) in [6.45, 7) is 4.26. The van der Waals surface area contributed by atoms with Crippen LogP contribution in [-0.4, -0.2) is 46.8 Å². The lowest BCUT2D eigenvalue weighted by Crippen LogP contribution is -2.43. The number of amides is 1. The van der Waals surface area contributed by atoms with E-state index in [4.69, 9.17) is 4.52 Å². The van der Waals surface area contributed by atoms with E-state index in [0.717, 1.165) is 17.0 Å². The number of hydrogen-bond donors (Lipinski definition) is 1. The summed E-state index contributed by atoms with van der Waals surface area (Å²) in [7, 11) is -3.72. The molecule has 1 aliphatic heterocycles. The molecule has 0 aromatic carbocycles. The first kappa shape index (κ1) is 21.6. The number of aromatic nitrogens is 3.